The van der Waals surface area contributed by atoms with E-state index in [1.54, 1.807) is 24.3 Å². The van der Waals surface area contributed by atoms with Gasteiger partial charge < -0.3 is 24.7 Å². The molecule has 2 N–H and O–H groups in total. The van der Waals surface area contributed by atoms with E-state index in [1.165, 1.54) is 43.1 Å². The Morgan fingerprint density at radius 2 is 1.90 bits per heavy atom. The number of para-hydroxylation sites is 1. The number of hydrogen-bond donors (Lipinski definition) is 2. The van der Waals surface area contributed by atoms with Gasteiger partial charge in [0.15, 0.2) is 27.2 Å². The first-order chi connectivity index (χ1) is 20.4. The summed E-state index contributed by atoms with van der Waals surface area (Å²) in [7, 11) is 1.47. The summed E-state index contributed by atoms with van der Waals surface area (Å²) >= 11 is 2.54. The molecule has 5 aromatic rings. The van der Waals surface area contributed by atoms with E-state index in [0.717, 1.165) is 21.8 Å². The number of aromatic nitrogens is 2. The fraction of sp³-hybridized carbons (Fsp3) is 0.103. The number of amides is 1. The molecule has 3 aromatic carbocycles. The van der Waals surface area contributed by atoms with E-state index >= 15 is 0 Å². The average molecular weight is 602 g/mol. The molecule has 2 aromatic heterocycles. The van der Waals surface area contributed by atoms with Crippen molar-refractivity contribution in [3.8, 4) is 5.75 Å². The first-order valence-corrected chi connectivity index (χ1v) is 14.3. The summed E-state index contributed by atoms with van der Waals surface area (Å²) in [5, 5.41) is 41.1. The van der Waals surface area contributed by atoms with Gasteiger partial charge in [-0.3, -0.25) is 19.7 Å². The van der Waals surface area contributed by atoms with Gasteiger partial charge in [-0.25, -0.2) is 0 Å². The van der Waals surface area contributed by atoms with E-state index in [0.29, 0.717) is 26.8 Å². The number of furan rings is 1. The molecule has 212 valence electrons. The number of benzene rings is 3. The van der Waals surface area contributed by atoms with Gasteiger partial charge in [0.1, 0.15) is 0 Å². The minimum Gasteiger partial charge on any atom is -0.733 e. The van der Waals surface area contributed by atoms with E-state index in [9.17, 15) is 25.1 Å². The van der Waals surface area contributed by atoms with Crippen molar-refractivity contribution in [1.29, 1.82) is 0 Å². The normalized spacial score (nSPS) is 15.1. The predicted molar refractivity (Wildman–Crippen MR) is 157 cm³/mol. The highest BCUT2D eigenvalue weighted by molar-refractivity contribution is 8.00. The number of nitrogens with zero attached hydrogens (tertiary/aromatic N) is 4. The molecular formula is C29H21N4O7S2-. The summed E-state index contributed by atoms with van der Waals surface area (Å²) in [6.07, 6.45) is 0. The first kappa shape index (κ1) is 27.5. The Kier molecular flexibility index (Phi) is 7.39. The lowest BCUT2D eigenvalue weighted by Gasteiger charge is -2.26. The quantitative estimate of drug-likeness (QED) is 0.0877. The third-order valence-corrected chi connectivity index (χ3v) is 8.75. The number of rotatable bonds is 9. The zero-order valence-electron chi connectivity index (χ0n) is 21.8. The zero-order chi connectivity index (χ0) is 29.4. The van der Waals surface area contributed by atoms with Crippen LogP contribution < -0.4 is 14.9 Å². The molecule has 1 atom stereocenters. The minimum atomic E-state index is -1.21. The van der Waals surface area contributed by atoms with Crippen LogP contribution in [0.1, 0.15) is 27.7 Å². The van der Waals surface area contributed by atoms with Crippen molar-refractivity contribution in [1.82, 2.24) is 10.2 Å². The van der Waals surface area contributed by atoms with E-state index < -0.39 is 23.5 Å². The minimum absolute atomic E-state index is 0.129. The third kappa shape index (κ3) is 4.99. The van der Waals surface area contributed by atoms with E-state index in [1.807, 2.05) is 30.3 Å². The molecule has 13 heteroatoms. The van der Waals surface area contributed by atoms with Crippen LogP contribution in [0.25, 0.3) is 11.0 Å². The Balaban J connectivity index is 1.40. The van der Waals surface area contributed by atoms with Crippen LogP contribution >= 0.6 is 23.1 Å². The summed E-state index contributed by atoms with van der Waals surface area (Å²) in [4.78, 5) is 28.6. The number of anilines is 2. The van der Waals surface area contributed by atoms with Crippen LogP contribution in [-0.2, 0) is 10.5 Å². The highest BCUT2D eigenvalue weighted by atomic mass is 32.2. The number of ether oxygens (including phenoxy) is 1. The molecule has 0 fully saturated rings. The van der Waals surface area contributed by atoms with Gasteiger partial charge in [0, 0.05) is 11.1 Å². The Morgan fingerprint density at radius 1 is 1.12 bits per heavy atom. The monoisotopic (exact) mass is 601 g/mol. The van der Waals surface area contributed by atoms with Gasteiger partial charge in [-0.1, -0.05) is 77.7 Å². The first-order valence-electron chi connectivity index (χ1n) is 12.5. The highest BCUT2D eigenvalue weighted by Gasteiger charge is 2.47. The van der Waals surface area contributed by atoms with E-state index in [-0.39, 0.29) is 32.9 Å². The molecule has 1 aliphatic heterocycles. The second-order valence-electron chi connectivity index (χ2n) is 9.15. The number of carbonyl (C=O) groups excluding carboxylic acids is 2. The SMILES string of the molecule is COc1cccc2cc(C(=O)C3=C(O)C(=O)N(c4nnc(SCc5ccccc5)s4)C3c3cccc(N([O-])O)c3)oc12. The van der Waals surface area contributed by atoms with E-state index in [2.05, 4.69) is 10.2 Å². The maximum atomic E-state index is 13.9. The number of Topliss-reactive ketones (excluding diaryl/α,β-unsaturated/α-hetero) is 1. The van der Waals surface area contributed by atoms with Gasteiger partial charge in [0.2, 0.25) is 10.9 Å². The van der Waals surface area contributed by atoms with Crippen molar-refractivity contribution in [3.63, 3.8) is 0 Å². The lowest BCUT2D eigenvalue weighted by molar-refractivity contribution is -0.117. The molecule has 11 nitrogen and oxygen atoms in total. The van der Waals surface area contributed by atoms with Crippen molar-refractivity contribution in [2.75, 3.05) is 17.2 Å². The molecule has 1 amide bonds. The number of fused-ring (bicyclic) bond motifs is 1. The van der Waals surface area contributed by atoms with Gasteiger partial charge in [-0.05, 0) is 35.4 Å². The summed E-state index contributed by atoms with van der Waals surface area (Å²) in [5.41, 5.74) is 1.26. The fourth-order valence-corrected chi connectivity index (χ4v) is 6.51. The summed E-state index contributed by atoms with van der Waals surface area (Å²) < 4.78 is 11.7. The zero-order valence-corrected chi connectivity index (χ0v) is 23.5. The molecule has 6 rings (SSSR count). The number of hydrogen-bond acceptors (Lipinski definition) is 12. The lowest BCUT2D eigenvalue weighted by atomic mass is 9.95. The fourth-order valence-electron chi connectivity index (χ4n) is 4.68. The molecule has 0 spiro atoms. The second kappa shape index (κ2) is 11.3. The van der Waals surface area contributed by atoms with Crippen molar-refractivity contribution in [2.24, 2.45) is 0 Å². The number of carbonyl (C=O) groups is 2. The number of aliphatic hydroxyl groups excluding tert-OH is 1. The molecular weight excluding hydrogens is 580 g/mol. The van der Waals surface area contributed by atoms with Gasteiger partial charge in [-0.15, -0.1) is 10.2 Å². The van der Waals surface area contributed by atoms with Crippen LogP contribution in [-0.4, -0.2) is 39.3 Å². The largest absolute Gasteiger partial charge is 0.733 e. The van der Waals surface area contributed by atoms with Crippen molar-refractivity contribution in [3.05, 3.63) is 112 Å². The Labute approximate surface area is 246 Å². The molecule has 0 saturated carbocycles. The standard InChI is InChI=1S/C29H21N4O7S2/c1-39-20-12-6-10-18-14-21(40-26(18)20)24(34)22-23(17-9-5-11-19(13-17)33(37)38)32(27(36)25(22)35)28-30-31-29(42-28)41-15-16-7-3-2-4-8-16/h2-14,23,35,37H,15H2,1H3/q-1. The van der Waals surface area contributed by atoms with Crippen molar-refractivity contribution < 1.29 is 29.1 Å². The molecule has 0 saturated heterocycles. The second-order valence-corrected chi connectivity index (χ2v) is 11.3. The topological polar surface area (TPSA) is 152 Å². The van der Waals surface area contributed by atoms with Crippen molar-refractivity contribution >= 4 is 56.6 Å². The van der Waals surface area contributed by atoms with E-state index in [4.69, 9.17) is 9.15 Å². The molecule has 1 aliphatic rings. The van der Waals surface area contributed by atoms with Gasteiger partial charge in [-0.2, -0.15) is 0 Å². The van der Waals surface area contributed by atoms with Crippen LogP contribution in [0.15, 0.2) is 99.0 Å². The molecule has 3 heterocycles. The molecule has 42 heavy (non-hydrogen) atoms. The molecule has 1 unspecified atom stereocenters. The average Bonchev–Trinajstić information content (AvgIpc) is 3.72. The number of ketones is 1. The Hall–Kier alpha value is -4.69. The number of aliphatic hydroxyl groups is 1. The maximum Gasteiger partial charge on any atom is 0.296 e. The van der Waals surface area contributed by atoms with Crippen LogP contribution in [0.4, 0.5) is 10.8 Å². The lowest BCUT2D eigenvalue weighted by Crippen LogP contribution is -2.31. The smallest absolute Gasteiger partial charge is 0.296 e. The number of methoxy groups -OCH3 is 1. The van der Waals surface area contributed by atoms with Crippen LogP contribution in [0.5, 0.6) is 5.75 Å². The molecule has 0 radical (unpaired) electrons. The van der Waals surface area contributed by atoms with Crippen LogP contribution in [0, 0.1) is 5.21 Å². The van der Waals surface area contributed by atoms with Crippen LogP contribution in [0.3, 0.4) is 0 Å². The number of thioether (sulfide) groups is 1. The third-order valence-electron chi connectivity index (χ3n) is 6.62. The van der Waals surface area contributed by atoms with Gasteiger partial charge in [0.05, 0.1) is 24.4 Å². The van der Waals surface area contributed by atoms with Gasteiger partial charge >= 0.3 is 0 Å². The summed E-state index contributed by atoms with van der Waals surface area (Å²) in [6.45, 7) is 0. The predicted octanol–water partition coefficient (Wildman–Crippen LogP) is 6.06. The Bertz CT molecular complexity index is 1830. The van der Waals surface area contributed by atoms with Crippen molar-refractivity contribution in [2.45, 2.75) is 16.1 Å². The Morgan fingerprint density at radius 3 is 2.67 bits per heavy atom. The van der Waals surface area contributed by atoms with Crippen LogP contribution in [0.2, 0.25) is 0 Å². The molecule has 0 aliphatic carbocycles. The summed E-state index contributed by atoms with van der Waals surface area (Å²) in [5.74, 6) is -1.52. The summed E-state index contributed by atoms with van der Waals surface area (Å²) in [6, 6.07) is 20.9. The molecule has 0 bridgehead atoms. The highest BCUT2D eigenvalue weighted by Crippen LogP contribution is 2.45. The maximum absolute atomic E-state index is 13.9. The van der Waals surface area contributed by atoms with Gasteiger partial charge in [0.25, 0.3) is 5.91 Å².